The molecule has 1 saturated heterocycles. The van der Waals surface area contributed by atoms with E-state index in [0.29, 0.717) is 31.9 Å². The summed E-state index contributed by atoms with van der Waals surface area (Å²) < 4.78 is 6.63. The van der Waals surface area contributed by atoms with Crippen molar-refractivity contribution in [3.63, 3.8) is 0 Å². The highest BCUT2D eigenvalue weighted by atomic mass is 79.9. The van der Waals surface area contributed by atoms with Crippen molar-refractivity contribution in [1.29, 1.82) is 0 Å². The number of amides is 2. The minimum Gasteiger partial charge on any atom is -0.381 e. The Morgan fingerprint density at radius 2 is 1.97 bits per heavy atom. The second-order valence-corrected chi connectivity index (χ2v) is 8.77. The first kappa shape index (κ1) is 20.1. The van der Waals surface area contributed by atoms with E-state index in [1.807, 2.05) is 30.3 Å². The minimum absolute atomic E-state index is 0.0384. The molecule has 0 bridgehead atoms. The predicted octanol–water partition coefficient (Wildman–Crippen LogP) is 3.84. The maximum absolute atomic E-state index is 12.9. The van der Waals surface area contributed by atoms with Gasteiger partial charge in [0.2, 0.25) is 5.91 Å². The molecule has 29 heavy (non-hydrogen) atoms. The number of fused-ring (bicyclic) bond motifs is 1. The summed E-state index contributed by atoms with van der Waals surface area (Å²) in [4.78, 5) is 26.4. The molecule has 0 unspecified atom stereocenters. The van der Waals surface area contributed by atoms with E-state index in [0.717, 1.165) is 35.0 Å². The molecule has 5 nitrogen and oxygen atoms in total. The highest BCUT2D eigenvalue weighted by Crippen LogP contribution is 2.35. The average Bonchev–Trinajstić information content (AvgIpc) is 3.16. The SMILES string of the molecule is CC(=O)N1CCc2cc(C(=O)NCC3(c4cccc(Br)c4)CCOCC3)ccc21. The van der Waals surface area contributed by atoms with Gasteiger partial charge in [0.05, 0.1) is 0 Å². The van der Waals surface area contributed by atoms with Gasteiger partial charge in [-0.25, -0.2) is 0 Å². The molecule has 2 heterocycles. The topological polar surface area (TPSA) is 58.6 Å². The number of halogens is 1. The Labute approximate surface area is 179 Å². The molecule has 0 aromatic heterocycles. The van der Waals surface area contributed by atoms with Crippen LogP contribution in [0.5, 0.6) is 0 Å². The lowest BCUT2D eigenvalue weighted by Crippen LogP contribution is -2.44. The summed E-state index contributed by atoms with van der Waals surface area (Å²) >= 11 is 3.57. The van der Waals surface area contributed by atoms with Crippen molar-refractivity contribution in [3.8, 4) is 0 Å². The van der Waals surface area contributed by atoms with Gasteiger partial charge in [-0.2, -0.15) is 0 Å². The van der Waals surface area contributed by atoms with E-state index in [1.165, 1.54) is 5.56 Å². The first-order chi connectivity index (χ1) is 14.0. The lowest BCUT2D eigenvalue weighted by molar-refractivity contribution is -0.116. The Bertz CT molecular complexity index is 937. The van der Waals surface area contributed by atoms with Gasteiger partial charge in [0.25, 0.3) is 5.91 Å². The highest BCUT2D eigenvalue weighted by Gasteiger charge is 2.35. The standard InChI is InChI=1S/C23H25BrN2O3/c1-16(27)26-10-7-17-13-18(5-6-21(17)26)22(28)25-15-23(8-11-29-12-9-23)19-3-2-4-20(24)14-19/h2-6,13-14H,7-12,15H2,1H3,(H,25,28). The van der Waals surface area contributed by atoms with Gasteiger partial charge in [0.15, 0.2) is 0 Å². The number of nitrogens with one attached hydrogen (secondary N) is 1. The fraction of sp³-hybridized carbons (Fsp3) is 0.391. The zero-order chi connectivity index (χ0) is 20.4. The number of hydrogen-bond acceptors (Lipinski definition) is 3. The Morgan fingerprint density at radius 3 is 2.69 bits per heavy atom. The third-order valence-corrected chi connectivity index (χ3v) is 6.58. The second-order valence-electron chi connectivity index (χ2n) is 7.85. The number of rotatable bonds is 4. The van der Waals surface area contributed by atoms with Crippen LogP contribution in [-0.2, 0) is 21.4 Å². The van der Waals surface area contributed by atoms with Crippen LogP contribution in [0.4, 0.5) is 5.69 Å². The van der Waals surface area contributed by atoms with Crippen LogP contribution in [0.2, 0.25) is 0 Å². The van der Waals surface area contributed by atoms with E-state index in [-0.39, 0.29) is 17.2 Å². The molecule has 0 spiro atoms. The van der Waals surface area contributed by atoms with Crippen molar-refractivity contribution in [2.75, 3.05) is 31.2 Å². The Hall–Kier alpha value is -2.18. The van der Waals surface area contributed by atoms with Gasteiger partial charge in [-0.15, -0.1) is 0 Å². The minimum atomic E-state index is -0.125. The second kappa shape index (κ2) is 8.28. The summed E-state index contributed by atoms with van der Waals surface area (Å²) in [5.41, 5.74) is 3.72. The third-order valence-electron chi connectivity index (χ3n) is 6.09. The van der Waals surface area contributed by atoms with Crippen molar-refractivity contribution < 1.29 is 14.3 Å². The lowest BCUT2D eigenvalue weighted by atomic mass is 9.74. The molecule has 2 aliphatic heterocycles. The summed E-state index contributed by atoms with van der Waals surface area (Å²) in [6.45, 7) is 4.22. The normalized spacial score (nSPS) is 17.7. The molecule has 1 fully saturated rings. The Kier molecular flexibility index (Phi) is 5.74. The highest BCUT2D eigenvalue weighted by molar-refractivity contribution is 9.10. The summed E-state index contributed by atoms with van der Waals surface area (Å²) in [5, 5.41) is 3.16. The lowest BCUT2D eigenvalue weighted by Gasteiger charge is -2.38. The summed E-state index contributed by atoms with van der Waals surface area (Å²) in [7, 11) is 0. The largest absolute Gasteiger partial charge is 0.381 e. The van der Waals surface area contributed by atoms with Crippen LogP contribution in [-0.4, -0.2) is 38.1 Å². The summed E-state index contributed by atoms with van der Waals surface area (Å²) in [6.07, 6.45) is 2.54. The fourth-order valence-electron chi connectivity index (χ4n) is 4.37. The van der Waals surface area contributed by atoms with Crippen LogP contribution >= 0.6 is 15.9 Å². The quantitative estimate of drug-likeness (QED) is 0.759. The van der Waals surface area contributed by atoms with Gasteiger partial charge >= 0.3 is 0 Å². The van der Waals surface area contributed by atoms with Crippen molar-refractivity contribution in [3.05, 3.63) is 63.6 Å². The summed E-state index contributed by atoms with van der Waals surface area (Å²) in [5.74, 6) is -0.0358. The molecule has 2 aromatic carbocycles. The van der Waals surface area contributed by atoms with Crippen LogP contribution < -0.4 is 10.2 Å². The first-order valence-corrected chi connectivity index (χ1v) is 10.8. The molecule has 152 valence electrons. The number of carbonyl (C=O) groups excluding carboxylic acids is 2. The molecular weight excluding hydrogens is 432 g/mol. The van der Waals surface area contributed by atoms with Crippen molar-refractivity contribution >= 4 is 33.4 Å². The maximum Gasteiger partial charge on any atom is 0.251 e. The van der Waals surface area contributed by atoms with Crippen molar-refractivity contribution in [2.24, 2.45) is 0 Å². The molecule has 0 atom stereocenters. The molecule has 1 N–H and O–H groups in total. The molecular formula is C23H25BrN2O3. The molecule has 0 radical (unpaired) electrons. The summed E-state index contributed by atoms with van der Waals surface area (Å²) in [6, 6.07) is 14.0. The number of ether oxygens (including phenoxy) is 1. The average molecular weight is 457 g/mol. The molecule has 2 aromatic rings. The number of nitrogens with zero attached hydrogens (tertiary/aromatic N) is 1. The number of carbonyl (C=O) groups is 2. The van der Waals surface area contributed by atoms with Crippen LogP contribution in [0.15, 0.2) is 46.9 Å². The fourth-order valence-corrected chi connectivity index (χ4v) is 4.77. The van der Waals surface area contributed by atoms with E-state index < -0.39 is 0 Å². The van der Waals surface area contributed by atoms with E-state index in [2.05, 4.69) is 33.4 Å². The Morgan fingerprint density at radius 1 is 1.17 bits per heavy atom. The molecule has 4 rings (SSSR count). The van der Waals surface area contributed by atoms with Gasteiger partial charge in [0.1, 0.15) is 0 Å². The molecule has 2 aliphatic rings. The zero-order valence-corrected chi connectivity index (χ0v) is 18.1. The number of hydrogen-bond donors (Lipinski definition) is 1. The van der Waals surface area contributed by atoms with Crippen molar-refractivity contribution in [2.45, 2.75) is 31.6 Å². The zero-order valence-electron chi connectivity index (χ0n) is 16.5. The monoisotopic (exact) mass is 456 g/mol. The smallest absolute Gasteiger partial charge is 0.251 e. The molecule has 2 amide bonds. The van der Waals surface area contributed by atoms with Gasteiger partial charge < -0.3 is 15.0 Å². The first-order valence-electron chi connectivity index (χ1n) is 10.0. The maximum atomic E-state index is 12.9. The molecule has 0 saturated carbocycles. The molecule has 0 aliphatic carbocycles. The van der Waals surface area contributed by atoms with E-state index in [9.17, 15) is 9.59 Å². The van der Waals surface area contributed by atoms with E-state index >= 15 is 0 Å². The number of benzene rings is 2. The molecule has 6 heteroatoms. The third kappa shape index (κ3) is 4.09. The van der Waals surface area contributed by atoms with Crippen LogP contribution in [0, 0.1) is 0 Å². The van der Waals surface area contributed by atoms with Crippen molar-refractivity contribution in [1.82, 2.24) is 5.32 Å². The van der Waals surface area contributed by atoms with Gasteiger partial charge in [0, 0.05) is 54.4 Å². The van der Waals surface area contributed by atoms with Crippen LogP contribution in [0.1, 0.15) is 41.3 Å². The van der Waals surface area contributed by atoms with E-state index in [4.69, 9.17) is 4.74 Å². The van der Waals surface area contributed by atoms with Crippen LogP contribution in [0.3, 0.4) is 0 Å². The van der Waals surface area contributed by atoms with Crippen LogP contribution in [0.25, 0.3) is 0 Å². The van der Waals surface area contributed by atoms with Gasteiger partial charge in [-0.1, -0.05) is 28.1 Å². The van der Waals surface area contributed by atoms with Gasteiger partial charge in [-0.3, -0.25) is 9.59 Å². The number of anilines is 1. The van der Waals surface area contributed by atoms with Gasteiger partial charge in [-0.05, 0) is 60.7 Å². The van der Waals surface area contributed by atoms with E-state index in [1.54, 1.807) is 11.8 Å². The Balaban J connectivity index is 1.51. The predicted molar refractivity (Wildman–Crippen MR) is 116 cm³/mol.